The molecule has 0 aliphatic carbocycles. The number of rotatable bonds is 3. The minimum atomic E-state index is -0.00222. The average Bonchev–Trinajstić information content (AvgIpc) is 2.97. The number of aromatic nitrogens is 3. The molecule has 0 amide bonds. The molecule has 2 heterocycles. The third-order valence-corrected chi connectivity index (χ3v) is 3.51. The molecule has 3 N–H and O–H groups in total. The van der Waals surface area contributed by atoms with Crippen LogP contribution in [0.1, 0.15) is 37.3 Å². The van der Waals surface area contributed by atoms with E-state index in [9.17, 15) is 0 Å². The molecule has 0 atom stereocenters. The number of amidine groups is 1. The van der Waals surface area contributed by atoms with Crippen LogP contribution in [0.2, 0.25) is 0 Å². The second-order valence-electron chi connectivity index (χ2n) is 5.24. The van der Waals surface area contributed by atoms with Crippen molar-refractivity contribution in [2.75, 3.05) is 0 Å². The van der Waals surface area contributed by atoms with Gasteiger partial charge in [-0.05, 0) is 0 Å². The summed E-state index contributed by atoms with van der Waals surface area (Å²) >= 11 is 1.60. The number of nitrogens with zero attached hydrogens (tertiary/aromatic N) is 4. The van der Waals surface area contributed by atoms with Gasteiger partial charge in [0, 0.05) is 23.2 Å². The molecule has 0 bridgehead atoms. The van der Waals surface area contributed by atoms with E-state index < -0.39 is 0 Å². The van der Waals surface area contributed by atoms with Gasteiger partial charge in [0.1, 0.15) is 5.01 Å². The third kappa shape index (κ3) is 2.93. The lowest BCUT2D eigenvalue weighted by Crippen LogP contribution is -2.20. The second-order valence-corrected chi connectivity index (χ2v) is 6.18. The van der Waals surface area contributed by atoms with E-state index >= 15 is 0 Å². The van der Waals surface area contributed by atoms with Crippen LogP contribution in [-0.4, -0.2) is 25.6 Å². The number of hydrogen-bond donors (Lipinski definition) is 2. The summed E-state index contributed by atoms with van der Waals surface area (Å²) in [5, 5.41) is 14.7. The maximum atomic E-state index is 8.70. The molecule has 2 aromatic rings. The van der Waals surface area contributed by atoms with E-state index in [1.165, 1.54) is 0 Å². The lowest BCUT2D eigenvalue weighted by molar-refractivity contribution is 0.318. The molecule has 0 spiro atoms. The summed E-state index contributed by atoms with van der Waals surface area (Å²) in [4.78, 5) is 8.67. The van der Waals surface area contributed by atoms with Gasteiger partial charge in [-0.3, -0.25) is 0 Å². The zero-order chi connectivity index (χ0) is 14.0. The van der Waals surface area contributed by atoms with E-state index in [0.717, 1.165) is 10.7 Å². The van der Waals surface area contributed by atoms with Crippen molar-refractivity contribution in [1.29, 1.82) is 0 Å². The van der Waals surface area contributed by atoms with Crippen molar-refractivity contribution in [2.45, 2.75) is 32.7 Å². The van der Waals surface area contributed by atoms with Crippen molar-refractivity contribution in [3.05, 3.63) is 34.3 Å². The Morgan fingerprint density at radius 3 is 2.84 bits per heavy atom. The van der Waals surface area contributed by atoms with Crippen LogP contribution in [0.4, 0.5) is 0 Å². The van der Waals surface area contributed by atoms with E-state index in [1.54, 1.807) is 28.3 Å². The van der Waals surface area contributed by atoms with E-state index in [-0.39, 0.29) is 11.3 Å². The Labute approximate surface area is 115 Å². The monoisotopic (exact) mass is 279 g/mol. The molecule has 0 fully saturated rings. The Hall–Kier alpha value is -1.89. The first kappa shape index (κ1) is 13.5. The summed E-state index contributed by atoms with van der Waals surface area (Å²) in [6.07, 6.45) is 3.40. The number of hydrogen-bond acceptors (Lipinski definition) is 5. The molecule has 7 heteroatoms. The van der Waals surface area contributed by atoms with Crippen molar-refractivity contribution in [3.8, 4) is 0 Å². The maximum Gasteiger partial charge on any atom is 0.206 e. The highest BCUT2D eigenvalue weighted by molar-refractivity contribution is 7.09. The summed E-state index contributed by atoms with van der Waals surface area (Å²) in [5.41, 5.74) is 6.67. The summed E-state index contributed by atoms with van der Waals surface area (Å²) < 4.78 is 1.81. The number of imidazole rings is 1. The van der Waals surface area contributed by atoms with Crippen LogP contribution in [-0.2, 0) is 12.0 Å². The van der Waals surface area contributed by atoms with Crippen LogP contribution in [0.3, 0.4) is 0 Å². The fraction of sp³-hybridized carbons (Fsp3) is 0.417. The molecule has 0 saturated heterocycles. The summed E-state index contributed by atoms with van der Waals surface area (Å²) in [7, 11) is 0. The zero-order valence-corrected chi connectivity index (χ0v) is 12.0. The van der Waals surface area contributed by atoms with Gasteiger partial charge in [0.25, 0.3) is 0 Å². The molecular weight excluding hydrogens is 262 g/mol. The van der Waals surface area contributed by atoms with Crippen molar-refractivity contribution in [1.82, 2.24) is 14.5 Å². The van der Waals surface area contributed by atoms with Gasteiger partial charge < -0.3 is 15.5 Å². The van der Waals surface area contributed by atoms with Crippen molar-refractivity contribution in [2.24, 2.45) is 10.9 Å². The summed E-state index contributed by atoms with van der Waals surface area (Å²) in [6, 6.07) is 0. The molecule has 19 heavy (non-hydrogen) atoms. The fourth-order valence-electron chi connectivity index (χ4n) is 1.59. The number of nitrogens with two attached hydrogens (primary N) is 1. The molecule has 102 valence electrons. The molecule has 6 nitrogen and oxygen atoms in total. The van der Waals surface area contributed by atoms with Crippen molar-refractivity contribution < 1.29 is 5.21 Å². The maximum absolute atomic E-state index is 8.70. The quantitative estimate of drug-likeness (QED) is 0.388. The lowest BCUT2D eigenvalue weighted by Gasteiger charge is -2.14. The molecule has 0 aliphatic rings. The number of thiazole rings is 1. The topological polar surface area (TPSA) is 89.3 Å². The first-order valence-electron chi connectivity index (χ1n) is 5.85. The summed E-state index contributed by atoms with van der Waals surface area (Å²) in [5.74, 6) is 0.438. The van der Waals surface area contributed by atoms with Gasteiger partial charge in [0.2, 0.25) is 5.84 Å². The van der Waals surface area contributed by atoms with Crippen molar-refractivity contribution in [3.63, 3.8) is 0 Å². The highest BCUT2D eigenvalue weighted by Crippen LogP contribution is 2.24. The van der Waals surface area contributed by atoms with Gasteiger partial charge in [-0.2, -0.15) is 0 Å². The van der Waals surface area contributed by atoms with Crippen LogP contribution >= 0.6 is 11.3 Å². The molecular formula is C12H17N5OS. The molecule has 0 radical (unpaired) electrons. The van der Waals surface area contributed by atoms with E-state index in [0.29, 0.717) is 12.4 Å². The molecule has 2 aromatic heterocycles. The molecule has 0 saturated carbocycles. The smallest absolute Gasteiger partial charge is 0.206 e. The van der Waals surface area contributed by atoms with Gasteiger partial charge in [-0.15, -0.1) is 11.3 Å². The van der Waals surface area contributed by atoms with E-state index in [1.807, 2.05) is 0 Å². The average molecular weight is 279 g/mol. The highest BCUT2D eigenvalue weighted by Gasteiger charge is 2.18. The van der Waals surface area contributed by atoms with Gasteiger partial charge in [-0.25, -0.2) is 9.97 Å². The Kier molecular flexibility index (Phi) is 3.57. The van der Waals surface area contributed by atoms with Crippen LogP contribution in [0.5, 0.6) is 0 Å². The van der Waals surface area contributed by atoms with Crippen molar-refractivity contribution >= 4 is 17.2 Å². The summed E-state index contributed by atoms with van der Waals surface area (Å²) in [6.45, 7) is 6.95. The molecule has 0 unspecified atom stereocenters. The Balaban J connectivity index is 2.23. The Bertz CT molecular complexity index is 593. The lowest BCUT2D eigenvalue weighted by atomic mass is 9.93. The minimum Gasteiger partial charge on any atom is -0.409 e. The normalized spacial score (nSPS) is 12.9. The molecule has 0 aromatic carbocycles. The Morgan fingerprint density at radius 1 is 1.53 bits per heavy atom. The number of oxime groups is 1. The Morgan fingerprint density at radius 2 is 2.26 bits per heavy atom. The molecule has 2 rings (SSSR count). The second kappa shape index (κ2) is 5.00. The van der Waals surface area contributed by atoms with Crippen LogP contribution < -0.4 is 5.73 Å². The predicted octanol–water partition coefficient (Wildman–Crippen LogP) is 1.78. The first-order chi connectivity index (χ1) is 8.91. The minimum absolute atomic E-state index is 0.00222. The molecule has 0 aliphatic heterocycles. The van der Waals surface area contributed by atoms with Crippen LogP contribution in [0, 0.1) is 0 Å². The van der Waals surface area contributed by atoms with Gasteiger partial charge in [-0.1, -0.05) is 25.9 Å². The SMILES string of the molecule is CC(C)(C)c1csc(Cn2ccnc2C(N)=NO)n1. The van der Waals surface area contributed by atoms with E-state index in [2.05, 4.69) is 41.3 Å². The third-order valence-electron chi connectivity index (χ3n) is 2.68. The van der Waals surface area contributed by atoms with Crippen LogP contribution in [0.25, 0.3) is 0 Å². The highest BCUT2D eigenvalue weighted by atomic mass is 32.1. The zero-order valence-electron chi connectivity index (χ0n) is 11.2. The van der Waals surface area contributed by atoms with Crippen LogP contribution in [0.15, 0.2) is 22.9 Å². The van der Waals surface area contributed by atoms with E-state index in [4.69, 9.17) is 10.9 Å². The predicted molar refractivity (Wildman–Crippen MR) is 74.7 cm³/mol. The van der Waals surface area contributed by atoms with Gasteiger partial charge in [0.15, 0.2) is 5.82 Å². The standard InChI is InChI=1S/C12H17N5OS/c1-12(2,3)8-7-19-9(15-8)6-17-5-4-14-11(17)10(13)16-18/h4-5,7,18H,6H2,1-3H3,(H2,13,16). The van der Waals surface area contributed by atoms with Gasteiger partial charge in [0.05, 0.1) is 12.2 Å². The first-order valence-corrected chi connectivity index (χ1v) is 6.73. The fourth-order valence-corrected chi connectivity index (χ4v) is 2.61. The largest absolute Gasteiger partial charge is 0.409 e. The van der Waals surface area contributed by atoms with Gasteiger partial charge >= 0.3 is 0 Å².